The van der Waals surface area contributed by atoms with E-state index in [9.17, 15) is 4.39 Å². The van der Waals surface area contributed by atoms with Gasteiger partial charge in [-0.3, -0.25) is 4.99 Å². The fourth-order valence-corrected chi connectivity index (χ4v) is 2.87. The first-order valence-corrected chi connectivity index (χ1v) is 7.26. The van der Waals surface area contributed by atoms with Crippen molar-refractivity contribution in [3.63, 3.8) is 0 Å². The van der Waals surface area contributed by atoms with Crippen molar-refractivity contribution in [1.29, 1.82) is 0 Å². The summed E-state index contributed by atoms with van der Waals surface area (Å²) in [6.07, 6.45) is 10.1. The molecule has 0 spiro atoms. The van der Waals surface area contributed by atoms with Gasteiger partial charge in [0.2, 0.25) is 0 Å². The molecule has 1 aliphatic rings. The Morgan fingerprint density at radius 1 is 1.09 bits per heavy atom. The monoisotopic (exact) mass is 307 g/mol. The van der Waals surface area contributed by atoms with Crippen molar-refractivity contribution in [1.82, 2.24) is 19.5 Å². The van der Waals surface area contributed by atoms with E-state index >= 15 is 0 Å². The van der Waals surface area contributed by atoms with Crippen molar-refractivity contribution in [2.45, 2.75) is 19.0 Å². The van der Waals surface area contributed by atoms with Crippen LogP contribution in [0.4, 0.5) is 4.39 Å². The number of hydrogen-bond acceptors (Lipinski definition) is 4. The Balaban J connectivity index is 1.80. The third-order valence-corrected chi connectivity index (χ3v) is 4.14. The van der Waals surface area contributed by atoms with Gasteiger partial charge in [-0.15, -0.1) is 0 Å². The second-order valence-electron chi connectivity index (χ2n) is 5.80. The van der Waals surface area contributed by atoms with Crippen LogP contribution in [-0.2, 0) is 12.1 Å². The molecule has 3 heterocycles. The number of aromatic nitrogens is 4. The van der Waals surface area contributed by atoms with Gasteiger partial charge in [0.05, 0.1) is 24.8 Å². The van der Waals surface area contributed by atoms with E-state index in [1.807, 2.05) is 17.6 Å². The second-order valence-corrected chi connectivity index (χ2v) is 5.80. The standard InChI is InChI=1S/C17H14FN5/c1-17(9-23-11-21-7-14(23)8-22-17)15-4-12(2-3-16(15)18)13-5-19-10-20-6-13/h2-8,10-11H,9H2,1H3/t17-/m0/s1. The molecule has 0 saturated heterocycles. The molecule has 1 aromatic carbocycles. The molecule has 0 unspecified atom stereocenters. The zero-order chi connectivity index (χ0) is 15.9. The van der Waals surface area contributed by atoms with Gasteiger partial charge >= 0.3 is 0 Å². The summed E-state index contributed by atoms with van der Waals surface area (Å²) in [4.78, 5) is 16.7. The molecule has 114 valence electrons. The van der Waals surface area contributed by atoms with Gasteiger partial charge < -0.3 is 4.57 Å². The van der Waals surface area contributed by atoms with E-state index in [4.69, 9.17) is 0 Å². The van der Waals surface area contributed by atoms with E-state index < -0.39 is 5.54 Å². The number of imidazole rings is 1. The number of aliphatic imine (C=N–C) groups is 1. The van der Waals surface area contributed by atoms with Gasteiger partial charge in [0.1, 0.15) is 17.7 Å². The molecule has 6 heteroatoms. The van der Waals surface area contributed by atoms with Crippen LogP contribution in [0.25, 0.3) is 11.1 Å². The minimum Gasteiger partial charge on any atom is -0.327 e. The number of fused-ring (bicyclic) bond motifs is 1. The minimum atomic E-state index is -0.677. The van der Waals surface area contributed by atoms with Crippen molar-refractivity contribution in [2.24, 2.45) is 4.99 Å². The van der Waals surface area contributed by atoms with Crippen LogP contribution in [0.2, 0.25) is 0 Å². The predicted molar refractivity (Wildman–Crippen MR) is 84.6 cm³/mol. The summed E-state index contributed by atoms with van der Waals surface area (Å²) in [5, 5.41) is 0. The summed E-state index contributed by atoms with van der Waals surface area (Å²) in [6, 6.07) is 5.03. The molecule has 0 amide bonds. The maximum absolute atomic E-state index is 14.5. The molecule has 1 atom stereocenters. The number of rotatable bonds is 2. The van der Waals surface area contributed by atoms with E-state index in [1.165, 1.54) is 12.4 Å². The Kier molecular flexibility index (Phi) is 3.04. The molecule has 0 aliphatic carbocycles. The zero-order valence-corrected chi connectivity index (χ0v) is 12.5. The lowest BCUT2D eigenvalue weighted by molar-refractivity contribution is 0.387. The van der Waals surface area contributed by atoms with Gasteiger partial charge in [-0.2, -0.15) is 0 Å². The topological polar surface area (TPSA) is 56.0 Å². The Hall–Kier alpha value is -2.89. The largest absolute Gasteiger partial charge is 0.327 e. The van der Waals surface area contributed by atoms with E-state index in [-0.39, 0.29) is 5.82 Å². The highest BCUT2D eigenvalue weighted by molar-refractivity contribution is 5.78. The van der Waals surface area contributed by atoms with Crippen molar-refractivity contribution in [2.75, 3.05) is 0 Å². The normalized spacial score (nSPS) is 19.6. The van der Waals surface area contributed by atoms with Gasteiger partial charge in [-0.05, 0) is 24.6 Å². The molecule has 0 saturated carbocycles. The minimum absolute atomic E-state index is 0.270. The van der Waals surface area contributed by atoms with Crippen LogP contribution in [0.1, 0.15) is 18.2 Å². The number of benzene rings is 1. The predicted octanol–water partition coefficient (Wildman–Crippen LogP) is 2.83. The lowest BCUT2D eigenvalue weighted by Gasteiger charge is -2.30. The summed E-state index contributed by atoms with van der Waals surface area (Å²) >= 11 is 0. The maximum atomic E-state index is 14.5. The summed E-state index contributed by atoms with van der Waals surface area (Å²) in [5.74, 6) is -0.270. The number of hydrogen-bond donors (Lipinski definition) is 0. The molecular formula is C17H14FN5. The molecule has 3 aromatic rings. The molecule has 0 bridgehead atoms. The van der Waals surface area contributed by atoms with Crippen LogP contribution in [0.5, 0.6) is 0 Å². The molecule has 5 nitrogen and oxygen atoms in total. The lowest BCUT2D eigenvalue weighted by Crippen LogP contribution is -2.31. The van der Waals surface area contributed by atoms with Gasteiger partial charge in [0, 0.05) is 29.7 Å². The van der Waals surface area contributed by atoms with Gasteiger partial charge in [0.25, 0.3) is 0 Å². The maximum Gasteiger partial charge on any atom is 0.128 e. The highest BCUT2D eigenvalue weighted by Gasteiger charge is 2.32. The van der Waals surface area contributed by atoms with E-state index in [2.05, 4.69) is 19.9 Å². The Morgan fingerprint density at radius 2 is 1.91 bits per heavy atom. The lowest BCUT2D eigenvalue weighted by atomic mass is 9.89. The van der Waals surface area contributed by atoms with Crippen LogP contribution in [-0.4, -0.2) is 25.7 Å². The van der Waals surface area contributed by atoms with E-state index in [0.29, 0.717) is 12.1 Å². The van der Waals surface area contributed by atoms with E-state index in [0.717, 1.165) is 16.8 Å². The van der Waals surface area contributed by atoms with Crippen molar-refractivity contribution in [3.05, 3.63) is 66.5 Å². The fraction of sp³-hybridized carbons (Fsp3) is 0.176. The second kappa shape index (κ2) is 5.08. The van der Waals surface area contributed by atoms with Crippen LogP contribution in [0, 0.1) is 5.82 Å². The summed E-state index contributed by atoms with van der Waals surface area (Å²) in [5.41, 5.74) is 2.52. The smallest absolute Gasteiger partial charge is 0.128 e. The molecular weight excluding hydrogens is 293 g/mol. The highest BCUT2D eigenvalue weighted by Crippen LogP contribution is 2.34. The number of nitrogens with zero attached hydrogens (tertiary/aromatic N) is 5. The van der Waals surface area contributed by atoms with Crippen LogP contribution in [0.3, 0.4) is 0 Å². The molecule has 2 aromatic heterocycles. The first-order valence-electron chi connectivity index (χ1n) is 7.26. The van der Waals surface area contributed by atoms with Crippen LogP contribution < -0.4 is 0 Å². The molecule has 23 heavy (non-hydrogen) atoms. The zero-order valence-electron chi connectivity index (χ0n) is 12.5. The van der Waals surface area contributed by atoms with Crippen molar-refractivity contribution >= 4 is 6.21 Å². The fourth-order valence-electron chi connectivity index (χ4n) is 2.87. The quantitative estimate of drug-likeness (QED) is 0.731. The van der Waals surface area contributed by atoms with Crippen LogP contribution >= 0.6 is 0 Å². The van der Waals surface area contributed by atoms with E-state index in [1.54, 1.807) is 37.2 Å². The molecule has 0 N–H and O–H groups in total. The first-order chi connectivity index (χ1) is 11.2. The SMILES string of the molecule is C[C@@]1(c2cc(-c3cncnc3)ccc2F)Cn2cncc2C=N1. The summed E-state index contributed by atoms with van der Waals surface area (Å²) in [7, 11) is 0. The van der Waals surface area contributed by atoms with Gasteiger partial charge in [-0.25, -0.2) is 19.3 Å². The average molecular weight is 307 g/mol. The van der Waals surface area contributed by atoms with Crippen molar-refractivity contribution in [3.8, 4) is 11.1 Å². The highest BCUT2D eigenvalue weighted by atomic mass is 19.1. The Morgan fingerprint density at radius 3 is 2.74 bits per heavy atom. The average Bonchev–Trinajstić information content (AvgIpc) is 3.03. The Bertz CT molecular complexity index is 887. The molecule has 1 aliphatic heterocycles. The first kappa shape index (κ1) is 13.8. The number of halogens is 1. The molecule has 4 rings (SSSR count). The van der Waals surface area contributed by atoms with Gasteiger partial charge in [0.15, 0.2) is 0 Å². The summed E-state index contributed by atoms with van der Waals surface area (Å²) in [6.45, 7) is 2.47. The molecule has 0 radical (unpaired) electrons. The summed E-state index contributed by atoms with van der Waals surface area (Å²) < 4.78 is 16.5. The van der Waals surface area contributed by atoms with Crippen molar-refractivity contribution < 1.29 is 4.39 Å². The third-order valence-electron chi connectivity index (χ3n) is 4.14. The van der Waals surface area contributed by atoms with Gasteiger partial charge in [-0.1, -0.05) is 6.07 Å². The van der Waals surface area contributed by atoms with Crippen LogP contribution in [0.15, 0.2) is 54.4 Å². The molecule has 0 fully saturated rings. The Labute approximate surface area is 132 Å². The third kappa shape index (κ3) is 2.32.